The van der Waals surface area contributed by atoms with Gasteiger partial charge in [0, 0.05) is 43.2 Å². The Balaban J connectivity index is 1.45. The van der Waals surface area contributed by atoms with Crippen molar-refractivity contribution >= 4 is 17.6 Å². The van der Waals surface area contributed by atoms with Crippen molar-refractivity contribution in [3.05, 3.63) is 34.9 Å². The number of piperidine rings is 1. The second-order valence-corrected chi connectivity index (χ2v) is 7.42. The second kappa shape index (κ2) is 8.21. The van der Waals surface area contributed by atoms with Gasteiger partial charge in [-0.15, -0.1) is 0 Å². The zero-order chi connectivity index (χ0) is 16.9. The highest BCUT2D eigenvalue weighted by atomic mass is 35.5. The van der Waals surface area contributed by atoms with Gasteiger partial charge in [0.1, 0.15) is 0 Å². The molecule has 3 rings (SSSR count). The molecule has 1 aliphatic heterocycles. The highest BCUT2D eigenvalue weighted by Gasteiger charge is 2.39. The molecule has 2 fully saturated rings. The molecule has 4 nitrogen and oxygen atoms in total. The lowest BCUT2D eigenvalue weighted by atomic mass is 10.1. The van der Waals surface area contributed by atoms with Gasteiger partial charge in [-0.1, -0.05) is 30.7 Å². The van der Waals surface area contributed by atoms with E-state index in [0.29, 0.717) is 18.0 Å². The molecule has 2 atom stereocenters. The van der Waals surface area contributed by atoms with Crippen LogP contribution >= 0.6 is 11.6 Å². The smallest absolute Gasteiger partial charge is 0.191 e. The van der Waals surface area contributed by atoms with Crippen LogP contribution in [0.4, 0.5) is 0 Å². The minimum Gasteiger partial charge on any atom is -0.354 e. The van der Waals surface area contributed by atoms with E-state index < -0.39 is 0 Å². The van der Waals surface area contributed by atoms with E-state index in [1.807, 2.05) is 19.2 Å². The molecule has 132 valence electrons. The van der Waals surface area contributed by atoms with Crippen LogP contribution in [-0.2, 0) is 0 Å². The Morgan fingerprint density at radius 3 is 2.75 bits per heavy atom. The first-order chi connectivity index (χ1) is 11.7. The Hall–Kier alpha value is -1.26. The van der Waals surface area contributed by atoms with E-state index in [1.165, 1.54) is 44.5 Å². The lowest BCUT2D eigenvalue weighted by Gasteiger charge is -2.32. The Kier molecular flexibility index (Phi) is 6.01. The number of halogens is 1. The summed E-state index contributed by atoms with van der Waals surface area (Å²) < 4.78 is 0. The number of nitrogens with one attached hydrogen (secondary N) is 2. The number of benzene rings is 1. The highest BCUT2D eigenvalue weighted by Crippen LogP contribution is 2.41. The van der Waals surface area contributed by atoms with Crippen LogP contribution in [0, 0.1) is 0 Å². The Morgan fingerprint density at radius 1 is 1.29 bits per heavy atom. The van der Waals surface area contributed by atoms with Crippen LogP contribution in [0.3, 0.4) is 0 Å². The summed E-state index contributed by atoms with van der Waals surface area (Å²) in [6.07, 6.45) is 4.79. The first-order valence-electron chi connectivity index (χ1n) is 9.17. The Bertz CT molecular complexity index is 566. The molecule has 1 saturated carbocycles. The summed E-state index contributed by atoms with van der Waals surface area (Å²) >= 11 is 6.10. The van der Waals surface area contributed by atoms with Gasteiger partial charge < -0.3 is 15.5 Å². The van der Waals surface area contributed by atoms with Crippen molar-refractivity contribution in [1.29, 1.82) is 0 Å². The molecule has 1 saturated heterocycles. The van der Waals surface area contributed by atoms with Gasteiger partial charge >= 0.3 is 0 Å². The van der Waals surface area contributed by atoms with Crippen LogP contribution in [0.15, 0.2) is 29.3 Å². The fraction of sp³-hybridized carbons (Fsp3) is 0.632. The molecular weight excluding hydrogens is 320 g/mol. The third kappa shape index (κ3) is 4.64. The van der Waals surface area contributed by atoms with Crippen molar-refractivity contribution < 1.29 is 0 Å². The monoisotopic (exact) mass is 348 g/mol. The molecule has 2 N–H and O–H groups in total. The molecule has 5 heteroatoms. The number of hydrogen-bond acceptors (Lipinski definition) is 2. The average molecular weight is 349 g/mol. The van der Waals surface area contributed by atoms with Gasteiger partial charge in [0.05, 0.1) is 0 Å². The predicted octanol–water partition coefficient (Wildman–Crippen LogP) is 3.24. The summed E-state index contributed by atoms with van der Waals surface area (Å²) in [6.45, 7) is 5.86. The van der Waals surface area contributed by atoms with Gasteiger partial charge in [0.2, 0.25) is 0 Å². The quantitative estimate of drug-likeness (QED) is 0.634. The predicted molar refractivity (Wildman–Crippen MR) is 102 cm³/mol. The van der Waals surface area contributed by atoms with Crippen molar-refractivity contribution in [2.75, 3.05) is 26.7 Å². The maximum atomic E-state index is 6.10. The summed E-state index contributed by atoms with van der Waals surface area (Å²) in [5.41, 5.74) is 1.32. The van der Waals surface area contributed by atoms with E-state index in [0.717, 1.165) is 17.4 Å². The van der Waals surface area contributed by atoms with E-state index >= 15 is 0 Å². The zero-order valence-corrected chi connectivity index (χ0v) is 15.5. The van der Waals surface area contributed by atoms with E-state index in [-0.39, 0.29) is 0 Å². The van der Waals surface area contributed by atoms with Gasteiger partial charge in [-0.25, -0.2) is 0 Å². The van der Waals surface area contributed by atoms with E-state index in [2.05, 4.69) is 39.6 Å². The summed E-state index contributed by atoms with van der Waals surface area (Å²) in [4.78, 5) is 6.98. The summed E-state index contributed by atoms with van der Waals surface area (Å²) in [5.74, 6) is 1.49. The lowest BCUT2D eigenvalue weighted by molar-refractivity contribution is 0.206. The fourth-order valence-corrected chi connectivity index (χ4v) is 3.82. The molecule has 1 aliphatic carbocycles. The minimum absolute atomic E-state index is 0.467. The number of rotatable bonds is 5. The van der Waals surface area contributed by atoms with Crippen LogP contribution in [0.1, 0.15) is 44.1 Å². The van der Waals surface area contributed by atoms with Crippen LogP contribution in [0.25, 0.3) is 0 Å². The highest BCUT2D eigenvalue weighted by molar-refractivity contribution is 6.30. The molecule has 0 spiro atoms. The molecule has 0 bridgehead atoms. The number of aliphatic imine (C=N–C) groups is 1. The van der Waals surface area contributed by atoms with Gasteiger partial charge in [-0.3, -0.25) is 4.99 Å². The van der Waals surface area contributed by atoms with Crippen molar-refractivity contribution in [2.45, 2.75) is 50.6 Å². The van der Waals surface area contributed by atoms with E-state index in [1.54, 1.807) is 0 Å². The Labute approximate surface area is 150 Å². The first-order valence-corrected chi connectivity index (χ1v) is 9.55. The standard InChI is InChI=1S/C19H29ClN4/c1-3-9-24-10-7-16(8-11-24)22-19(21-2)23-18-13-17(18)14-5-4-6-15(20)12-14/h4-6,12,16-18H,3,7-11,13H2,1-2H3,(H2,21,22,23). The molecule has 1 heterocycles. The number of likely N-dealkylation sites (tertiary alicyclic amines) is 1. The first kappa shape index (κ1) is 17.6. The number of guanidine groups is 1. The van der Waals surface area contributed by atoms with Crippen LogP contribution < -0.4 is 10.6 Å². The molecule has 1 aromatic rings. The molecule has 24 heavy (non-hydrogen) atoms. The molecule has 0 amide bonds. The molecule has 0 radical (unpaired) electrons. The third-order valence-electron chi connectivity index (χ3n) is 5.08. The van der Waals surface area contributed by atoms with E-state index in [9.17, 15) is 0 Å². The topological polar surface area (TPSA) is 39.7 Å². The van der Waals surface area contributed by atoms with Crippen molar-refractivity contribution in [3.63, 3.8) is 0 Å². The largest absolute Gasteiger partial charge is 0.354 e. The SMILES string of the molecule is CCCN1CCC(NC(=NC)NC2CC2c2cccc(Cl)c2)CC1. The normalized spacial score (nSPS) is 25.5. The molecule has 1 aromatic carbocycles. The maximum Gasteiger partial charge on any atom is 0.191 e. The summed E-state index contributed by atoms with van der Waals surface area (Å²) in [7, 11) is 1.86. The second-order valence-electron chi connectivity index (χ2n) is 6.98. The van der Waals surface area contributed by atoms with Gasteiger partial charge in [-0.05, 0) is 49.9 Å². The summed E-state index contributed by atoms with van der Waals surface area (Å²) in [6, 6.07) is 9.21. The molecule has 2 unspecified atom stereocenters. The molecular formula is C19H29ClN4. The van der Waals surface area contributed by atoms with Crippen LogP contribution in [-0.4, -0.2) is 49.6 Å². The Morgan fingerprint density at radius 2 is 2.08 bits per heavy atom. The summed E-state index contributed by atoms with van der Waals surface area (Å²) in [5, 5.41) is 8.00. The maximum absolute atomic E-state index is 6.10. The fourth-order valence-electron chi connectivity index (χ4n) is 3.62. The van der Waals surface area contributed by atoms with Crippen LogP contribution in [0.2, 0.25) is 5.02 Å². The average Bonchev–Trinajstić information content (AvgIpc) is 3.35. The molecule has 0 aromatic heterocycles. The van der Waals surface area contributed by atoms with Gasteiger partial charge in [0.25, 0.3) is 0 Å². The van der Waals surface area contributed by atoms with Crippen molar-refractivity contribution in [3.8, 4) is 0 Å². The number of hydrogen-bond donors (Lipinski definition) is 2. The minimum atomic E-state index is 0.467. The number of nitrogens with zero attached hydrogens (tertiary/aromatic N) is 2. The lowest BCUT2D eigenvalue weighted by Crippen LogP contribution is -2.49. The van der Waals surface area contributed by atoms with Gasteiger partial charge in [-0.2, -0.15) is 0 Å². The van der Waals surface area contributed by atoms with Crippen molar-refractivity contribution in [2.24, 2.45) is 4.99 Å². The van der Waals surface area contributed by atoms with Crippen molar-refractivity contribution in [1.82, 2.24) is 15.5 Å². The van der Waals surface area contributed by atoms with E-state index in [4.69, 9.17) is 11.6 Å². The molecule has 2 aliphatic rings. The van der Waals surface area contributed by atoms with Crippen LogP contribution in [0.5, 0.6) is 0 Å². The zero-order valence-electron chi connectivity index (χ0n) is 14.8. The van der Waals surface area contributed by atoms with Gasteiger partial charge in [0.15, 0.2) is 5.96 Å². The third-order valence-corrected chi connectivity index (χ3v) is 5.32.